The fourth-order valence-electron chi connectivity index (χ4n) is 1.66. The van der Waals surface area contributed by atoms with E-state index in [1.165, 1.54) is 12.1 Å². The molecule has 1 aromatic carbocycles. The Bertz CT molecular complexity index is 351. The van der Waals surface area contributed by atoms with E-state index in [1.807, 2.05) is 6.92 Å². The van der Waals surface area contributed by atoms with E-state index in [0.717, 1.165) is 12.5 Å². The molecule has 0 saturated heterocycles. The Morgan fingerprint density at radius 2 is 2.08 bits per heavy atom. The van der Waals surface area contributed by atoms with Crippen LogP contribution in [-0.4, -0.2) is 6.04 Å². The normalized spacial score (nSPS) is 31.8. The van der Waals surface area contributed by atoms with Gasteiger partial charge in [-0.3, -0.25) is 0 Å². The fourth-order valence-corrected chi connectivity index (χ4v) is 1.66. The molecule has 0 heterocycles. The number of nitrogens with two attached hydrogens (primary N) is 1. The molecule has 0 bridgehead atoms. The smallest absolute Gasteiger partial charge is 0.129 e. The molecule has 1 saturated carbocycles. The maximum atomic E-state index is 13.3. The summed E-state index contributed by atoms with van der Waals surface area (Å²) in [6.07, 6.45) is 0.773. The first-order valence-electron chi connectivity index (χ1n) is 4.25. The summed E-state index contributed by atoms with van der Waals surface area (Å²) in [5.41, 5.74) is 5.93. The molecule has 0 aliphatic heterocycles. The topological polar surface area (TPSA) is 26.0 Å². The Hall–Kier alpha value is -0.960. The summed E-state index contributed by atoms with van der Waals surface area (Å²) in [6.45, 7) is 1.90. The highest BCUT2D eigenvalue weighted by Gasteiger charge is 2.50. The van der Waals surface area contributed by atoms with Crippen LogP contribution in [0.3, 0.4) is 0 Å². The highest BCUT2D eigenvalue weighted by atomic mass is 19.1. The van der Waals surface area contributed by atoms with Crippen LogP contribution in [0, 0.1) is 11.6 Å². The fraction of sp³-hybridized carbons (Fsp3) is 0.400. The minimum absolute atomic E-state index is 0.00691. The van der Waals surface area contributed by atoms with Gasteiger partial charge < -0.3 is 5.73 Å². The Morgan fingerprint density at radius 1 is 1.46 bits per heavy atom. The average molecular weight is 183 g/mol. The van der Waals surface area contributed by atoms with Gasteiger partial charge in [0.2, 0.25) is 0 Å². The lowest BCUT2D eigenvalue weighted by Gasteiger charge is -2.10. The highest BCUT2D eigenvalue weighted by molar-refractivity contribution is 5.35. The number of hydrogen-bond acceptors (Lipinski definition) is 1. The van der Waals surface area contributed by atoms with Gasteiger partial charge in [0, 0.05) is 17.5 Å². The zero-order valence-corrected chi connectivity index (χ0v) is 7.35. The molecule has 13 heavy (non-hydrogen) atoms. The molecule has 70 valence electrons. The van der Waals surface area contributed by atoms with Crippen LogP contribution in [0.1, 0.15) is 18.9 Å². The largest absolute Gasteiger partial charge is 0.327 e. The zero-order valence-electron chi connectivity index (χ0n) is 7.35. The third kappa shape index (κ3) is 1.23. The van der Waals surface area contributed by atoms with Crippen molar-refractivity contribution in [2.75, 3.05) is 0 Å². The van der Waals surface area contributed by atoms with Crippen molar-refractivity contribution in [3.05, 3.63) is 35.4 Å². The van der Waals surface area contributed by atoms with E-state index in [0.29, 0.717) is 5.56 Å². The molecule has 1 aromatic rings. The number of benzene rings is 1. The zero-order chi connectivity index (χ0) is 9.64. The monoisotopic (exact) mass is 183 g/mol. The molecular weight excluding hydrogens is 172 g/mol. The lowest BCUT2D eigenvalue weighted by Crippen LogP contribution is -2.16. The van der Waals surface area contributed by atoms with Crippen LogP contribution in [0.5, 0.6) is 0 Å². The van der Waals surface area contributed by atoms with Gasteiger partial charge in [-0.1, -0.05) is 13.0 Å². The molecule has 3 heteroatoms. The first-order valence-corrected chi connectivity index (χ1v) is 4.25. The van der Waals surface area contributed by atoms with Crippen LogP contribution < -0.4 is 5.73 Å². The molecule has 2 N–H and O–H groups in total. The predicted molar refractivity (Wildman–Crippen MR) is 46.3 cm³/mol. The third-order valence-electron chi connectivity index (χ3n) is 2.85. The summed E-state index contributed by atoms with van der Waals surface area (Å²) in [7, 11) is 0. The van der Waals surface area contributed by atoms with Gasteiger partial charge in [0.1, 0.15) is 11.6 Å². The molecule has 0 aromatic heterocycles. The van der Waals surface area contributed by atoms with Crippen molar-refractivity contribution < 1.29 is 8.78 Å². The van der Waals surface area contributed by atoms with Crippen LogP contribution in [0.4, 0.5) is 8.78 Å². The van der Waals surface area contributed by atoms with Gasteiger partial charge in [-0.2, -0.15) is 0 Å². The van der Waals surface area contributed by atoms with Gasteiger partial charge in [0.25, 0.3) is 0 Å². The van der Waals surface area contributed by atoms with Crippen LogP contribution >= 0.6 is 0 Å². The molecule has 1 aliphatic rings. The Morgan fingerprint density at radius 3 is 2.54 bits per heavy atom. The Balaban J connectivity index is 2.42. The first-order chi connectivity index (χ1) is 6.04. The van der Waals surface area contributed by atoms with E-state index >= 15 is 0 Å². The number of halogens is 2. The van der Waals surface area contributed by atoms with Crippen molar-refractivity contribution >= 4 is 0 Å². The molecule has 0 radical (unpaired) electrons. The highest BCUT2D eigenvalue weighted by Crippen LogP contribution is 2.47. The van der Waals surface area contributed by atoms with E-state index < -0.39 is 11.6 Å². The van der Waals surface area contributed by atoms with Crippen molar-refractivity contribution in [1.82, 2.24) is 0 Å². The lowest BCUT2D eigenvalue weighted by molar-refractivity contribution is 0.553. The van der Waals surface area contributed by atoms with Crippen LogP contribution in [0.15, 0.2) is 18.2 Å². The summed E-state index contributed by atoms with van der Waals surface area (Å²) < 4.78 is 25.8. The quantitative estimate of drug-likeness (QED) is 0.707. The molecule has 0 spiro atoms. The van der Waals surface area contributed by atoms with Crippen molar-refractivity contribution in [2.45, 2.75) is 24.8 Å². The molecule has 0 amide bonds. The van der Waals surface area contributed by atoms with Gasteiger partial charge in [0.05, 0.1) is 0 Å². The van der Waals surface area contributed by atoms with E-state index in [1.54, 1.807) is 0 Å². The second-order valence-corrected chi connectivity index (χ2v) is 3.85. The second-order valence-electron chi connectivity index (χ2n) is 3.85. The summed E-state index contributed by atoms with van der Waals surface area (Å²) in [5, 5.41) is 0. The van der Waals surface area contributed by atoms with Crippen molar-refractivity contribution in [2.24, 2.45) is 5.73 Å². The minimum Gasteiger partial charge on any atom is -0.327 e. The molecule has 2 rings (SSSR count). The predicted octanol–water partition coefficient (Wildman–Crippen LogP) is 1.95. The molecule has 1 nitrogen and oxygen atoms in total. The van der Waals surface area contributed by atoms with Crippen molar-refractivity contribution in [3.8, 4) is 0 Å². The van der Waals surface area contributed by atoms with E-state index in [2.05, 4.69) is 0 Å². The lowest BCUT2D eigenvalue weighted by atomic mass is 9.97. The van der Waals surface area contributed by atoms with Crippen molar-refractivity contribution in [1.29, 1.82) is 0 Å². The van der Waals surface area contributed by atoms with E-state index in [4.69, 9.17) is 5.73 Å². The van der Waals surface area contributed by atoms with Crippen LogP contribution in [-0.2, 0) is 5.41 Å². The van der Waals surface area contributed by atoms with Crippen molar-refractivity contribution in [3.63, 3.8) is 0 Å². The second kappa shape index (κ2) is 2.51. The third-order valence-corrected chi connectivity index (χ3v) is 2.85. The summed E-state index contributed by atoms with van der Waals surface area (Å²) >= 11 is 0. The van der Waals surface area contributed by atoms with Gasteiger partial charge in [-0.15, -0.1) is 0 Å². The Labute approximate surface area is 75.6 Å². The number of rotatable bonds is 1. The molecule has 1 aliphatic carbocycles. The first kappa shape index (κ1) is 8.63. The molecule has 1 fully saturated rings. The van der Waals surface area contributed by atoms with E-state index in [-0.39, 0.29) is 11.5 Å². The maximum Gasteiger partial charge on any atom is 0.129 e. The maximum absolute atomic E-state index is 13.3. The van der Waals surface area contributed by atoms with Gasteiger partial charge in [0.15, 0.2) is 0 Å². The van der Waals surface area contributed by atoms with E-state index in [9.17, 15) is 8.78 Å². The standard InChI is InChI=1S/C10H11F2N/c1-10(5-9(10)13)7-3-2-6(11)4-8(7)12/h2-4,9H,5,13H2,1H3/t9-,10-/m0/s1. The van der Waals surface area contributed by atoms with Gasteiger partial charge in [-0.25, -0.2) is 8.78 Å². The van der Waals surface area contributed by atoms with Crippen LogP contribution in [0.25, 0.3) is 0 Å². The SMILES string of the molecule is C[C@@]1(c2ccc(F)cc2F)C[C@@H]1N. The van der Waals surface area contributed by atoms with Gasteiger partial charge >= 0.3 is 0 Å². The number of hydrogen-bond donors (Lipinski definition) is 1. The molecule has 0 unspecified atom stereocenters. The molecule has 2 atom stereocenters. The summed E-state index contributed by atoms with van der Waals surface area (Å²) in [4.78, 5) is 0. The Kier molecular flexibility index (Phi) is 1.67. The molecular formula is C10H11F2N. The summed E-state index contributed by atoms with van der Waals surface area (Å²) in [6, 6.07) is 3.67. The van der Waals surface area contributed by atoms with Gasteiger partial charge in [-0.05, 0) is 18.1 Å². The average Bonchev–Trinajstić information content (AvgIpc) is 2.59. The van der Waals surface area contributed by atoms with Crippen LogP contribution in [0.2, 0.25) is 0 Å². The minimum atomic E-state index is -0.543. The summed E-state index contributed by atoms with van der Waals surface area (Å²) in [5.74, 6) is -1.03.